The number of ether oxygens (including phenoxy) is 1. The Kier molecular flexibility index (Phi) is 19.5. The van der Waals surface area contributed by atoms with Crippen LogP contribution in [0.2, 0.25) is 0 Å². The van der Waals surface area contributed by atoms with Crippen molar-refractivity contribution in [3.63, 3.8) is 0 Å². The molecule has 3 heterocycles. The molecule has 8 rings (SSSR count). The molecule has 0 spiro atoms. The van der Waals surface area contributed by atoms with E-state index in [4.69, 9.17) is 21.9 Å². The lowest BCUT2D eigenvalue weighted by molar-refractivity contribution is -0.137. The lowest BCUT2D eigenvalue weighted by atomic mass is 9.93. The monoisotopic (exact) mass is 1160 g/mol. The van der Waals surface area contributed by atoms with Crippen LogP contribution < -0.4 is 43.8 Å². The maximum Gasteiger partial charge on any atom is 0.410 e. The van der Waals surface area contributed by atoms with E-state index in [2.05, 4.69) is 26.6 Å². The topological polar surface area (TPSA) is 365 Å². The van der Waals surface area contributed by atoms with Gasteiger partial charge in [-0.2, -0.15) is 0 Å². The van der Waals surface area contributed by atoms with Crippen LogP contribution in [0.25, 0.3) is 21.5 Å². The van der Waals surface area contributed by atoms with Crippen LogP contribution >= 0.6 is 0 Å². The number of urea groups is 1. The minimum absolute atomic E-state index is 0.0593. The number of amides is 13. The smallest absolute Gasteiger partial charge is 0.410 e. The van der Waals surface area contributed by atoms with Crippen LogP contribution in [0.4, 0.5) is 26.7 Å². The Hall–Kier alpha value is -10.2. The van der Waals surface area contributed by atoms with Gasteiger partial charge in [0.15, 0.2) is 0 Å². The molecule has 0 bridgehead atoms. The summed E-state index contributed by atoms with van der Waals surface area (Å²) in [6.45, 7) is 2.43. The summed E-state index contributed by atoms with van der Waals surface area (Å²) in [7, 11) is 0. The SMILES string of the molecule is CC(C)C(NC(=O)CCCCCN1C(=O)C=CC1=O)C(=O)N[C@@H](CCCNC(N)=O)C(=O)Nc1ccc(COC(=O)N(CCCN2C(=O)c3cccc4c(N)ccc(c34)C2=O)CCNC(=O)CN2C(=O)c3cccc4c(N)ccc(c34)C2=O)cc1. The predicted octanol–water partition coefficient (Wildman–Crippen LogP) is 3.69. The summed E-state index contributed by atoms with van der Waals surface area (Å²) in [4.78, 5) is 162. The van der Waals surface area contributed by atoms with Crippen molar-refractivity contribution >= 4 is 110 Å². The van der Waals surface area contributed by atoms with E-state index in [9.17, 15) is 57.5 Å². The Morgan fingerprint density at radius 1 is 0.576 bits per heavy atom. The van der Waals surface area contributed by atoms with Crippen LogP contribution in [0.15, 0.2) is 97.1 Å². The third kappa shape index (κ3) is 14.4. The molecular formula is C60H66N12O13. The van der Waals surface area contributed by atoms with Gasteiger partial charge in [0, 0.05) is 119 Å². The van der Waals surface area contributed by atoms with Crippen LogP contribution in [0, 0.1) is 5.92 Å². The van der Waals surface area contributed by atoms with Gasteiger partial charge in [-0.25, -0.2) is 9.59 Å². The van der Waals surface area contributed by atoms with Crippen molar-refractivity contribution in [1.29, 1.82) is 0 Å². The average Bonchev–Trinajstić information content (AvgIpc) is 1.43. The van der Waals surface area contributed by atoms with Crippen molar-refractivity contribution < 1.29 is 62.3 Å². The molecule has 13 amide bonds. The summed E-state index contributed by atoms with van der Waals surface area (Å²) >= 11 is 0. The van der Waals surface area contributed by atoms with Gasteiger partial charge in [0.2, 0.25) is 23.6 Å². The molecule has 0 aromatic heterocycles. The van der Waals surface area contributed by atoms with Crippen LogP contribution in [0.1, 0.15) is 106 Å². The molecule has 5 aromatic carbocycles. The molecule has 3 aliphatic rings. The molecule has 0 aliphatic carbocycles. The zero-order chi connectivity index (χ0) is 61.1. The molecule has 25 nitrogen and oxygen atoms in total. The fourth-order valence-electron chi connectivity index (χ4n) is 10.3. The van der Waals surface area contributed by atoms with Gasteiger partial charge in [-0.1, -0.05) is 56.7 Å². The van der Waals surface area contributed by atoms with E-state index in [1.807, 2.05) is 0 Å². The lowest BCUT2D eigenvalue weighted by Gasteiger charge is -2.29. The van der Waals surface area contributed by atoms with Crippen molar-refractivity contribution in [2.45, 2.75) is 77.5 Å². The highest BCUT2D eigenvalue weighted by Crippen LogP contribution is 2.35. The molecule has 3 aliphatic heterocycles. The highest BCUT2D eigenvalue weighted by Gasteiger charge is 2.36. The summed E-state index contributed by atoms with van der Waals surface area (Å²) in [5.74, 6) is -5.92. The zero-order valence-corrected chi connectivity index (χ0v) is 46.9. The summed E-state index contributed by atoms with van der Waals surface area (Å²) in [5.41, 5.74) is 20.1. The molecule has 11 N–H and O–H groups in total. The number of primary amides is 1. The van der Waals surface area contributed by atoms with Gasteiger partial charge in [0.25, 0.3) is 35.4 Å². The fourth-order valence-corrected chi connectivity index (χ4v) is 10.3. The average molecular weight is 1160 g/mol. The number of rotatable bonds is 27. The molecule has 0 fully saturated rings. The second-order valence-electron chi connectivity index (χ2n) is 21.0. The summed E-state index contributed by atoms with van der Waals surface area (Å²) in [5, 5.41) is 15.3. The first-order chi connectivity index (χ1) is 40.7. The maximum atomic E-state index is 13.9. The molecular weight excluding hydrogens is 1100 g/mol. The van der Waals surface area contributed by atoms with Crippen LogP contribution in [-0.2, 0) is 40.1 Å². The fraction of sp³-hybridized carbons (Fsp3) is 0.333. The lowest BCUT2D eigenvalue weighted by Crippen LogP contribution is -2.54. The van der Waals surface area contributed by atoms with Gasteiger partial charge >= 0.3 is 12.1 Å². The Labute approximate surface area is 487 Å². The van der Waals surface area contributed by atoms with E-state index in [0.29, 0.717) is 74.6 Å². The quantitative estimate of drug-likeness (QED) is 0.0211. The third-order valence-electron chi connectivity index (χ3n) is 14.8. The summed E-state index contributed by atoms with van der Waals surface area (Å²) in [6.07, 6.45) is 3.51. The first-order valence-corrected chi connectivity index (χ1v) is 27.8. The van der Waals surface area contributed by atoms with Gasteiger partial charge in [-0.15, -0.1) is 0 Å². The summed E-state index contributed by atoms with van der Waals surface area (Å²) < 4.78 is 5.73. The molecule has 1 unspecified atom stereocenters. The van der Waals surface area contributed by atoms with Crippen molar-refractivity contribution in [1.82, 2.24) is 40.9 Å². The number of anilines is 3. The van der Waals surface area contributed by atoms with E-state index >= 15 is 0 Å². The molecule has 0 radical (unpaired) electrons. The number of unbranched alkanes of at least 4 members (excludes halogenated alkanes) is 2. The first-order valence-electron chi connectivity index (χ1n) is 27.8. The van der Waals surface area contributed by atoms with E-state index in [1.54, 1.807) is 92.7 Å². The van der Waals surface area contributed by atoms with E-state index in [1.165, 1.54) is 23.1 Å². The van der Waals surface area contributed by atoms with Gasteiger partial charge in [0.1, 0.15) is 25.2 Å². The number of nitrogens with one attached hydrogen (secondary N) is 5. The number of carbonyl (C=O) groups is 12. The van der Waals surface area contributed by atoms with Gasteiger partial charge in [0.05, 0.1) is 0 Å². The van der Waals surface area contributed by atoms with E-state index < -0.39 is 78.0 Å². The minimum atomic E-state index is -1.14. The zero-order valence-electron chi connectivity index (χ0n) is 46.9. The van der Waals surface area contributed by atoms with Crippen LogP contribution in [0.5, 0.6) is 0 Å². The molecule has 0 saturated carbocycles. The molecule has 85 heavy (non-hydrogen) atoms. The van der Waals surface area contributed by atoms with Gasteiger partial charge in [-0.05, 0) is 92.1 Å². The Balaban J connectivity index is 0.876. The number of hydrogen-bond acceptors (Lipinski definition) is 15. The molecule has 444 valence electrons. The Morgan fingerprint density at radius 2 is 1.15 bits per heavy atom. The van der Waals surface area contributed by atoms with Gasteiger partial charge < -0.3 is 53.4 Å². The Bertz CT molecular complexity index is 3490. The maximum absolute atomic E-state index is 13.9. The number of imide groups is 3. The number of benzene rings is 5. The second kappa shape index (κ2) is 27.3. The first kappa shape index (κ1) is 60.9. The van der Waals surface area contributed by atoms with Gasteiger partial charge in [-0.3, -0.25) is 62.6 Å². The normalized spacial score (nSPS) is 14.2. The highest BCUT2D eigenvalue weighted by atomic mass is 16.6. The Morgan fingerprint density at radius 3 is 1.74 bits per heavy atom. The highest BCUT2D eigenvalue weighted by molar-refractivity contribution is 6.28. The predicted molar refractivity (Wildman–Crippen MR) is 312 cm³/mol. The standard InChI is InChI=1S/C60H66N12O13/c1-34(2)52(68-46(73)15-4-3-5-29-70-48(75)24-25-49(70)76)54(78)67-45(14-8-26-65-59(63)83)53(77)66-36-18-16-35(17-19-36)33-85-60(84)69(28-9-30-71-55(79)39-12-6-10-37-43(61)22-20-41(50(37)39)56(71)80)31-27-64-47(74)32-72-57(81)40-13-7-11-38-44(62)23-21-42(51(38)40)58(72)82/h6-7,10-13,16-25,34,45,52H,3-5,8-9,14-15,26-33,61-62H2,1-2H3,(H,64,74)(H,66,77)(H,67,78)(H,68,73)(H3,63,65,83)/t45-,52?/m0/s1. The molecule has 25 heteroatoms. The summed E-state index contributed by atoms with van der Waals surface area (Å²) in [6, 6.07) is 19.4. The van der Waals surface area contributed by atoms with Crippen molar-refractivity contribution in [3.8, 4) is 0 Å². The number of nitrogens with zero attached hydrogens (tertiary/aromatic N) is 4. The minimum Gasteiger partial charge on any atom is -0.445 e. The van der Waals surface area contributed by atoms with Crippen LogP contribution in [0.3, 0.4) is 0 Å². The van der Waals surface area contributed by atoms with E-state index in [-0.39, 0.29) is 100 Å². The molecule has 5 aromatic rings. The number of carbonyl (C=O) groups excluding carboxylic acids is 12. The molecule has 2 atom stereocenters. The van der Waals surface area contributed by atoms with Crippen LogP contribution in [-0.4, -0.2) is 149 Å². The van der Waals surface area contributed by atoms with E-state index in [0.717, 1.165) is 14.7 Å². The van der Waals surface area contributed by atoms with Crippen molar-refractivity contribution in [2.24, 2.45) is 11.7 Å². The van der Waals surface area contributed by atoms with Crippen molar-refractivity contribution in [2.75, 3.05) is 62.6 Å². The van der Waals surface area contributed by atoms with Crippen molar-refractivity contribution in [3.05, 3.63) is 125 Å². The second-order valence-corrected chi connectivity index (χ2v) is 21.0. The molecule has 0 saturated heterocycles. The number of nitrogens with two attached hydrogens (primary N) is 3. The number of nitrogen functional groups attached to an aromatic ring is 2. The number of hydrogen-bond donors (Lipinski definition) is 8. The largest absolute Gasteiger partial charge is 0.445 e. The third-order valence-corrected chi connectivity index (χ3v) is 14.8.